The van der Waals surface area contributed by atoms with Crippen molar-refractivity contribution in [1.82, 2.24) is 10.2 Å². The summed E-state index contributed by atoms with van der Waals surface area (Å²) < 4.78 is 37.6. The SMILES string of the molecule is Cc1cccc(C(=O)Nc2nnc(S(=O)(=O)Nc3ccc4c(c3)OCO4)s2)c1. The first-order chi connectivity index (χ1) is 13.4. The van der Waals surface area contributed by atoms with Crippen LogP contribution in [0.4, 0.5) is 10.8 Å². The monoisotopic (exact) mass is 418 g/mol. The van der Waals surface area contributed by atoms with Gasteiger partial charge in [-0.15, -0.1) is 10.2 Å². The van der Waals surface area contributed by atoms with Gasteiger partial charge < -0.3 is 9.47 Å². The number of benzene rings is 2. The van der Waals surface area contributed by atoms with E-state index in [1.807, 2.05) is 13.0 Å². The average Bonchev–Trinajstić information content (AvgIpc) is 3.30. The number of carbonyl (C=O) groups is 1. The number of rotatable bonds is 5. The zero-order valence-electron chi connectivity index (χ0n) is 14.5. The minimum absolute atomic E-state index is 0.0811. The lowest BCUT2D eigenvalue weighted by molar-refractivity contribution is 0.102. The number of nitrogens with zero attached hydrogens (tertiary/aromatic N) is 2. The summed E-state index contributed by atoms with van der Waals surface area (Å²) in [6, 6.07) is 11.7. The van der Waals surface area contributed by atoms with E-state index in [-0.39, 0.29) is 16.3 Å². The van der Waals surface area contributed by atoms with Crippen LogP contribution in [0, 0.1) is 6.92 Å². The number of aryl methyl sites for hydroxylation is 1. The number of carbonyl (C=O) groups excluding carboxylic acids is 1. The molecule has 0 fully saturated rings. The minimum atomic E-state index is -3.97. The summed E-state index contributed by atoms with van der Waals surface area (Å²) in [6.07, 6.45) is 0. The zero-order valence-corrected chi connectivity index (χ0v) is 16.1. The summed E-state index contributed by atoms with van der Waals surface area (Å²) in [5.74, 6) is 0.594. The van der Waals surface area contributed by atoms with Crippen molar-refractivity contribution in [3.63, 3.8) is 0 Å². The first-order valence-electron chi connectivity index (χ1n) is 8.05. The maximum atomic E-state index is 12.5. The molecule has 2 aromatic carbocycles. The van der Waals surface area contributed by atoms with Gasteiger partial charge in [0.1, 0.15) is 0 Å². The number of amides is 1. The van der Waals surface area contributed by atoms with Gasteiger partial charge in [-0.3, -0.25) is 14.8 Å². The minimum Gasteiger partial charge on any atom is -0.454 e. The Kier molecular flexibility index (Phi) is 4.61. The summed E-state index contributed by atoms with van der Waals surface area (Å²) in [4.78, 5) is 12.3. The molecule has 144 valence electrons. The molecule has 2 N–H and O–H groups in total. The van der Waals surface area contributed by atoms with Gasteiger partial charge in [0.2, 0.25) is 11.9 Å². The second kappa shape index (κ2) is 7.09. The molecule has 28 heavy (non-hydrogen) atoms. The predicted octanol–water partition coefficient (Wildman–Crippen LogP) is 2.63. The van der Waals surface area contributed by atoms with Crippen LogP contribution in [0.1, 0.15) is 15.9 Å². The van der Waals surface area contributed by atoms with Gasteiger partial charge >= 0.3 is 0 Å². The molecule has 9 nitrogen and oxygen atoms in total. The number of fused-ring (bicyclic) bond motifs is 1. The van der Waals surface area contributed by atoms with Crippen molar-refractivity contribution in [2.45, 2.75) is 11.3 Å². The Labute approximate surface area is 164 Å². The summed E-state index contributed by atoms with van der Waals surface area (Å²) in [6.45, 7) is 1.96. The van der Waals surface area contributed by atoms with E-state index >= 15 is 0 Å². The van der Waals surface area contributed by atoms with Crippen molar-refractivity contribution in [3.8, 4) is 11.5 Å². The van der Waals surface area contributed by atoms with Gasteiger partial charge in [0.05, 0.1) is 5.69 Å². The summed E-state index contributed by atoms with van der Waals surface area (Å²) in [5, 5.41) is 10.0. The third-order valence-corrected chi connectivity index (χ3v) is 6.35. The third-order valence-electron chi connectivity index (χ3n) is 3.76. The fourth-order valence-corrected chi connectivity index (χ4v) is 4.43. The lowest BCUT2D eigenvalue weighted by atomic mass is 10.1. The van der Waals surface area contributed by atoms with Crippen molar-refractivity contribution in [1.29, 1.82) is 0 Å². The molecule has 1 amide bonds. The van der Waals surface area contributed by atoms with E-state index in [1.54, 1.807) is 30.3 Å². The predicted molar refractivity (Wildman–Crippen MR) is 102 cm³/mol. The van der Waals surface area contributed by atoms with Crippen LogP contribution >= 0.6 is 11.3 Å². The molecule has 0 unspecified atom stereocenters. The van der Waals surface area contributed by atoms with Gasteiger partial charge in [0.25, 0.3) is 20.3 Å². The smallest absolute Gasteiger partial charge is 0.291 e. The van der Waals surface area contributed by atoms with Crippen LogP contribution in [-0.4, -0.2) is 31.3 Å². The molecule has 0 atom stereocenters. The number of anilines is 2. The van der Waals surface area contributed by atoms with Crippen LogP contribution in [0.15, 0.2) is 46.8 Å². The molecule has 0 saturated heterocycles. The van der Waals surface area contributed by atoms with Crippen LogP contribution in [0.3, 0.4) is 0 Å². The molecule has 0 radical (unpaired) electrons. The normalized spacial score (nSPS) is 12.6. The maximum absolute atomic E-state index is 12.5. The molecule has 1 aromatic heterocycles. The van der Waals surface area contributed by atoms with Crippen LogP contribution in [0.25, 0.3) is 0 Å². The Morgan fingerprint density at radius 1 is 1.11 bits per heavy atom. The molecule has 1 aliphatic rings. The molecular weight excluding hydrogens is 404 g/mol. The quantitative estimate of drug-likeness (QED) is 0.611. The Morgan fingerprint density at radius 2 is 1.93 bits per heavy atom. The van der Waals surface area contributed by atoms with Crippen LogP contribution in [0.2, 0.25) is 0 Å². The first kappa shape index (κ1) is 18.2. The van der Waals surface area contributed by atoms with Gasteiger partial charge in [0, 0.05) is 11.6 Å². The first-order valence-corrected chi connectivity index (χ1v) is 10.3. The highest BCUT2D eigenvalue weighted by Gasteiger charge is 2.23. The van der Waals surface area contributed by atoms with Gasteiger partial charge in [-0.25, -0.2) is 0 Å². The van der Waals surface area contributed by atoms with E-state index in [4.69, 9.17) is 9.47 Å². The van der Waals surface area contributed by atoms with E-state index < -0.39 is 15.9 Å². The molecule has 0 aliphatic carbocycles. The lowest BCUT2D eigenvalue weighted by Gasteiger charge is -2.05. The number of nitrogens with one attached hydrogen (secondary N) is 2. The second-order valence-electron chi connectivity index (χ2n) is 5.87. The molecule has 11 heteroatoms. The van der Waals surface area contributed by atoms with Crippen molar-refractivity contribution in [2.75, 3.05) is 16.8 Å². The van der Waals surface area contributed by atoms with E-state index in [2.05, 4.69) is 20.2 Å². The summed E-state index contributed by atoms with van der Waals surface area (Å²) >= 11 is 0.751. The fraction of sp³-hybridized carbons (Fsp3) is 0.118. The van der Waals surface area contributed by atoms with Crippen LogP contribution in [0.5, 0.6) is 11.5 Å². The Bertz CT molecular complexity index is 1160. The van der Waals surface area contributed by atoms with Crippen molar-refractivity contribution in [3.05, 3.63) is 53.6 Å². The number of ether oxygens (including phenoxy) is 2. The highest BCUT2D eigenvalue weighted by molar-refractivity contribution is 7.94. The topological polar surface area (TPSA) is 120 Å². The molecule has 1 aliphatic heterocycles. The highest BCUT2D eigenvalue weighted by atomic mass is 32.2. The molecule has 0 spiro atoms. The number of hydrogen-bond acceptors (Lipinski definition) is 8. The van der Waals surface area contributed by atoms with E-state index in [1.165, 1.54) is 6.07 Å². The van der Waals surface area contributed by atoms with Crippen LogP contribution in [-0.2, 0) is 10.0 Å². The van der Waals surface area contributed by atoms with Gasteiger partial charge in [0.15, 0.2) is 11.5 Å². The lowest BCUT2D eigenvalue weighted by Crippen LogP contribution is -2.12. The van der Waals surface area contributed by atoms with Gasteiger partial charge in [-0.2, -0.15) is 8.42 Å². The van der Waals surface area contributed by atoms with E-state index in [0.717, 1.165) is 16.9 Å². The van der Waals surface area contributed by atoms with E-state index in [9.17, 15) is 13.2 Å². The third kappa shape index (κ3) is 3.75. The molecule has 0 bridgehead atoms. The highest BCUT2D eigenvalue weighted by Crippen LogP contribution is 2.35. The zero-order chi connectivity index (χ0) is 19.7. The van der Waals surface area contributed by atoms with E-state index in [0.29, 0.717) is 22.7 Å². The molecule has 3 aromatic rings. The molecular formula is C17H14N4O5S2. The molecule has 4 rings (SSSR count). The van der Waals surface area contributed by atoms with Crippen LogP contribution < -0.4 is 19.5 Å². The maximum Gasteiger partial charge on any atom is 0.291 e. The average molecular weight is 418 g/mol. The second-order valence-corrected chi connectivity index (χ2v) is 8.70. The molecule has 2 heterocycles. The number of hydrogen-bond donors (Lipinski definition) is 2. The summed E-state index contributed by atoms with van der Waals surface area (Å²) in [7, 11) is -3.97. The van der Waals surface area contributed by atoms with Gasteiger partial charge in [-0.05, 0) is 31.2 Å². The number of sulfonamides is 1. The summed E-state index contributed by atoms with van der Waals surface area (Å²) in [5.41, 5.74) is 1.67. The Morgan fingerprint density at radius 3 is 2.75 bits per heavy atom. The molecule has 0 saturated carbocycles. The van der Waals surface area contributed by atoms with Crippen molar-refractivity contribution < 1.29 is 22.7 Å². The Balaban J connectivity index is 1.49. The Hall–Kier alpha value is -3.18. The standard InChI is InChI=1S/C17H14N4O5S2/c1-10-3-2-4-11(7-10)15(22)18-16-19-20-17(27-16)28(23,24)21-12-5-6-13-14(8-12)26-9-25-13/h2-8,21H,9H2,1H3,(H,18,19,22). The van der Waals surface area contributed by atoms with Crippen molar-refractivity contribution >= 4 is 38.1 Å². The fourth-order valence-electron chi connectivity index (χ4n) is 2.48. The van der Waals surface area contributed by atoms with Crippen molar-refractivity contribution in [2.24, 2.45) is 0 Å². The largest absolute Gasteiger partial charge is 0.454 e. The number of aromatic nitrogens is 2. The van der Waals surface area contributed by atoms with Gasteiger partial charge in [-0.1, -0.05) is 29.0 Å².